The molecule has 0 heterocycles. The predicted octanol–water partition coefficient (Wildman–Crippen LogP) is 1.62. The fourth-order valence-corrected chi connectivity index (χ4v) is 1.51. The summed E-state index contributed by atoms with van der Waals surface area (Å²) < 4.78 is 0. The van der Waals surface area contributed by atoms with E-state index in [-0.39, 0.29) is 17.2 Å². The highest BCUT2D eigenvalue weighted by Crippen LogP contribution is 2.22. The van der Waals surface area contributed by atoms with Crippen LogP contribution in [0.25, 0.3) is 0 Å². The molecule has 19 heavy (non-hydrogen) atoms. The third kappa shape index (κ3) is 4.22. The molecule has 1 aromatic rings. The van der Waals surface area contributed by atoms with Crippen LogP contribution in [-0.4, -0.2) is 36.5 Å². The van der Waals surface area contributed by atoms with Crippen molar-refractivity contribution < 1.29 is 9.72 Å². The minimum Gasteiger partial charge on any atom is -0.384 e. The third-order valence-corrected chi connectivity index (χ3v) is 2.35. The highest BCUT2D eigenvalue weighted by Gasteiger charge is 2.16. The first-order valence-corrected chi connectivity index (χ1v) is 5.96. The molecule has 0 bridgehead atoms. The molecule has 0 saturated carbocycles. The normalized spacial score (nSPS) is 10.3. The maximum Gasteiger partial charge on any atom is 0.270 e. The average Bonchev–Trinajstić information content (AvgIpc) is 2.35. The lowest BCUT2D eigenvalue weighted by molar-refractivity contribution is -0.384. The molecule has 0 aromatic heterocycles. The number of nitro benzene ring substituents is 1. The zero-order chi connectivity index (χ0) is 14.4. The van der Waals surface area contributed by atoms with Crippen molar-refractivity contribution in [3.8, 4) is 0 Å². The quantitative estimate of drug-likeness (QED) is 0.603. The van der Waals surface area contributed by atoms with Gasteiger partial charge < -0.3 is 5.32 Å². The van der Waals surface area contributed by atoms with E-state index in [0.717, 1.165) is 6.42 Å². The van der Waals surface area contributed by atoms with Crippen LogP contribution in [0.3, 0.4) is 0 Å². The van der Waals surface area contributed by atoms with Crippen LogP contribution in [0.2, 0.25) is 0 Å². The number of anilines is 1. The summed E-state index contributed by atoms with van der Waals surface area (Å²) in [5.74, 6) is -0.382. The molecule has 0 fully saturated rings. The largest absolute Gasteiger partial charge is 0.384 e. The number of carbonyl (C=O) groups excluding carboxylic acids is 1. The molecular formula is C12H18N4O3. The van der Waals surface area contributed by atoms with Crippen LogP contribution in [0.5, 0.6) is 0 Å². The molecule has 7 nitrogen and oxygen atoms in total. The minimum absolute atomic E-state index is 0.106. The lowest BCUT2D eigenvalue weighted by Crippen LogP contribution is -2.36. The Morgan fingerprint density at radius 1 is 1.42 bits per heavy atom. The van der Waals surface area contributed by atoms with Crippen LogP contribution in [-0.2, 0) is 0 Å². The Kier molecular flexibility index (Phi) is 5.25. The van der Waals surface area contributed by atoms with Crippen LogP contribution >= 0.6 is 0 Å². The van der Waals surface area contributed by atoms with E-state index in [9.17, 15) is 14.9 Å². The Hall–Kier alpha value is -2.15. The van der Waals surface area contributed by atoms with Crippen LogP contribution < -0.4 is 10.7 Å². The molecule has 0 atom stereocenters. The molecule has 0 radical (unpaired) electrons. The van der Waals surface area contributed by atoms with Crippen molar-refractivity contribution >= 4 is 17.3 Å². The van der Waals surface area contributed by atoms with E-state index in [2.05, 4.69) is 10.7 Å². The van der Waals surface area contributed by atoms with Gasteiger partial charge in [-0.25, -0.2) is 5.01 Å². The SMILES string of the molecule is CCCNc1ccc([N+](=O)[O-])cc1C(=O)NN(C)C. The summed E-state index contributed by atoms with van der Waals surface area (Å²) in [4.78, 5) is 22.2. The van der Waals surface area contributed by atoms with Gasteiger partial charge in [0.1, 0.15) is 0 Å². The molecule has 2 N–H and O–H groups in total. The van der Waals surface area contributed by atoms with Crippen LogP contribution in [0.1, 0.15) is 23.7 Å². The van der Waals surface area contributed by atoms with E-state index in [1.165, 1.54) is 17.1 Å². The Balaban J connectivity index is 3.09. The highest BCUT2D eigenvalue weighted by molar-refractivity contribution is 6.00. The number of nitrogens with zero attached hydrogens (tertiary/aromatic N) is 2. The van der Waals surface area contributed by atoms with E-state index in [0.29, 0.717) is 12.2 Å². The first kappa shape index (κ1) is 14.9. The smallest absolute Gasteiger partial charge is 0.270 e. The van der Waals surface area contributed by atoms with Crippen molar-refractivity contribution in [2.24, 2.45) is 0 Å². The van der Waals surface area contributed by atoms with Crippen molar-refractivity contribution in [2.75, 3.05) is 26.0 Å². The Bertz CT molecular complexity index is 474. The van der Waals surface area contributed by atoms with Crippen molar-refractivity contribution in [1.29, 1.82) is 0 Å². The van der Waals surface area contributed by atoms with Crippen molar-refractivity contribution in [3.63, 3.8) is 0 Å². The number of hydrogen-bond donors (Lipinski definition) is 2. The molecule has 1 rings (SSSR count). The second kappa shape index (κ2) is 6.69. The molecular weight excluding hydrogens is 248 g/mol. The topological polar surface area (TPSA) is 87.5 Å². The predicted molar refractivity (Wildman–Crippen MR) is 73.0 cm³/mol. The monoisotopic (exact) mass is 266 g/mol. The average molecular weight is 266 g/mol. The first-order chi connectivity index (χ1) is 8.95. The summed E-state index contributed by atoms with van der Waals surface area (Å²) in [5.41, 5.74) is 3.32. The van der Waals surface area contributed by atoms with Gasteiger partial charge in [-0.15, -0.1) is 0 Å². The second-order valence-electron chi connectivity index (χ2n) is 4.25. The number of hydrazine groups is 1. The second-order valence-corrected chi connectivity index (χ2v) is 4.25. The number of nitrogens with one attached hydrogen (secondary N) is 2. The minimum atomic E-state index is -0.518. The Labute approximate surface area is 111 Å². The summed E-state index contributed by atoms with van der Waals surface area (Å²) in [5, 5.41) is 15.3. The van der Waals surface area contributed by atoms with E-state index >= 15 is 0 Å². The number of nitro groups is 1. The third-order valence-electron chi connectivity index (χ3n) is 2.35. The Morgan fingerprint density at radius 3 is 2.63 bits per heavy atom. The summed E-state index contributed by atoms with van der Waals surface area (Å²) >= 11 is 0. The maximum atomic E-state index is 12.0. The summed E-state index contributed by atoms with van der Waals surface area (Å²) in [6.07, 6.45) is 0.895. The van der Waals surface area contributed by atoms with Gasteiger partial charge in [-0.05, 0) is 12.5 Å². The number of rotatable bonds is 6. The number of non-ortho nitro benzene ring substituents is 1. The number of benzene rings is 1. The van der Waals surface area contributed by atoms with Crippen molar-refractivity contribution in [1.82, 2.24) is 10.4 Å². The van der Waals surface area contributed by atoms with Crippen LogP contribution in [0.15, 0.2) is 18.2 Å². The molecule has 104 valence electrons. The Morgan fingerprint density at radius 2 is 2.11 bits per heavy atom. The van der Waals surface area contributed by atoms with E-state index in [1.807, 2.05) is 6.92 Å². The van der Waals surface area contributed by atoms with Gasteiger partial charge in [0.05, 0.1) is 10.5 Å². The van der Waals surface area contributed by atoms with Crippen LogP contribution in [0.4, 0.5) is 11.4 Å². The van der Waals surface area contributed by atoms with Gasteiger partial charge in [-0.2, -0.15) is 0 Å². The summed E-state index contributed by atoms with van der Waals surface area (Å²) in [6.45, 7) is 2.69. The lowest BCUT2D eigenvalue weighted by Gasteiger charge is -2.15. The van der Waals surface area contributed by atoms with Crippen molar-refractivity contribution in [2.45, 2.75) is 13.3 Å². The van der Waals surface area contributed by atoms with Crippen LogP contribution in [0, 0.1) is 10.1 Å². The molecule has 0 aliphatic carbocycles. The van der Waals surface area contributed by atoms with E-state index < -0.39 is 4.92 Å². The molecule has 0 unspecified atom stereocenters. The molecule has 0 aliphatic rings. The van der Waals surface area contributed by atoms with Gasteiger partial charge in [-0.1, -0.05) is 6.92 Å². The highest BCUT2D eigenvalue weighted by atomic mass is 16.6. The number of amides is 1. The number of hydrogen-bond acceptors (Lipinski definition) is 5. The molecule has 1 amide bonds. The molecule has 0 aliphatic heterocycles. The zero-order valence-electron chi connectivity index (χ0n) is 11.3. The molecule has 0 spiro atoms. The zero-order valence-corrected chi connectivity index (χ0v) is 11.3. The van der Waals surface area contributed by atoms with Gasteiger partial charge in [0.25, 0.3) is 11.6 Å². The maximum absolute atomic E-state index is 12.0. The fraction of sp³-hybridized carbons (Fsp3) is 0.417. The van der Waals surface area contributed by atoms with E-state index in [1.54, 1.807) is 20.2 Å². The molecule has 1 aromatic carbocycles. The summed E-state index contributed by atoms with van der Waals surface area (Å²) in [7, 11) is 3.35. The standard InChI is InChI=1S/C12H18N4O3/c1-4-7-13-11-6-5-9(16(18)19)8-10(11)12(17)14-15(2)3/h5-6,8,13H,4,7H2,1-3H3,(H,14,17). The molecule has 0 saturated heterocycles. The fourth-order valence-electron chi connectivity index (χ4n) is 1.51. The number of carbonyl (C=O) groups is 1. The summed E-state index contributed by atoms with van der Waals surface area (Å²) in [6, 6.07) is 4.21. The first-order valence-electron chi connectivity index (χ1n) is 5.96. The van der Waals surface area contributed by atoms with Gasteiger partial charge in [0, 0.05) is 38.5 Å². The lowest BCUT2D eigenvalue weighted by atomic mass is 10.1. The van der Waals surface area contributed by atoms with Gasteiger partial charge in [0.2, 0.25) is 0 Å². The van der Waals surface area contributed by atoms with E-state index in [4.69, 9.17) is 0 Å². The van der Waals surface area contributed by atoms with Crippen molar-refractivity contribution in [3.05, 3.63) is 33.9 Å². The van der Waals surface area contributed by atoms with Gasteiger partial charge in [0.15, 0.2) is 0 Å². The molecule has 7 heteroatoms. The van der Waals surface area contributed by atoms with Gasteiger partial charge >= 0.3 is 0 Å². The van der Waals surface area contributed by atoms with Gasteiger partial charge in [-0.3, -0.25) is 20.3 Å².